The Hall–Kier alpha value is -2.36. The predicted molar refractivity (Wildman–Crippen MR) is 101 cm³/mol. The van der Waals surface area contributed by atoms with E-state index in [1.807, 2.05) is 31.2 Å². The zero-order chi connectivity index (χ0) is 18.6. The summed E-state index contributed by atoms with van der Waals surface area (Å²) in [5.74, 6) is 1.96. The second-order valence-electron chi connectivity index (χ2n) is 5.55. The van der Waals surface area contributed by atoms with Gasteiger partial charge in [-0.3, -0.25) is 5.10 Å². The highest BCUT2D eigenvalue weighted by Crippen LogP contribution is 2.20. The van der Waals surface area contributed by atoms with Gasteiger partial charge in [0.05, 0.1) is 11.5 Å². The number of sulfonamides is 1. The zero-order valence-corrected chi connectivity index (χ0v) is 15.7. The van der Waals surface area contributed by atoms with Crippen molar-refractivity contribution >= 4 is 21.8 Å². The Kier molecular flexibility index (Phi) is 5.60. The number of rotatable bonds is 7. The van der Waals surface area contributed by atoms with Crippen molar-refractivity contribution in [1.29, 1.82) is 0 Å². The van der Waals surface area contributed by atoms with E-state index in [1.54, 1.807) is 12.1 Å². The Morgan fingerprint density at radius 3 is 2.46 bits per heavy atom. The number of aromatic amines is 1. The fourth-order valence-electron chi connectivity index (χ4n) is 2.17. The number of nitrogens with one attached hydrogen (secondary N) is 1. The van der Waals surface area contributed by atoms with Gasteiger partial charge in [0.2, 0.25) is 15.2 Å². The molecule has 9 heteroatoms. The molecule has 0 saturated heterocycles. The summed E-state index contributed by atoms with van der Waals surface area (Å²) in [6.07, 6.45) is 0. The minimum atomic E-state index is -3.68. The van der Waals surface area contributed by atoms with Crippen molar-refractivity contribution < 1.29 is 13.2 Å². The molecule has 0 amide bonds. The molecule has 26 heavy (non-hydrogen) atoms. The summed E-state index contributed by atoms with van der Waals surface area (Å²) in [6.45, 7) is 2.47. The molecule has 1 heterocycles. The summed E-state index contributed by atoms with van der Waals surface area (Å²) >= 11 is 1.47. The highest BCUT2D eigenvalue weighted by atomic mass is 32.2. The second-order valence-corrected chi connectivity index (χ2v) is 8.17. The third kappa shape index (κ3) is 4.84. The van der Waals surface area contributed by atoms with Crippen LogP contribution in [0.1, 0.15) is 5.56 Å². The third-order valence-corrected chi connectivity index (χ3v) is 5.27. The van der Waals surface area contributed by atoms with Crippen LogP contribution in [0.2, 0.25) is 0 Å². The van der Waals surface area contributed by atoms with Crippen molar-refractivity contribution in [2.24, 2.45) is 5.14 Å². The molecule has 3 aromatic rings. The van der Waals surface area contributed by atoms with Gasteiger partial charge in [0.25, 0.3) is 0 Å². The number of aryl methyl sites for hydroxylation is 1. The number of benzene rings is 2. The molecule has 0 unspecified atom stereocenters. The smallest absolute Gasteiger partial charge is 0.238 e. The maximum absolute atomic E-state index is 11.2. The number of H-pyrrole nitrogens is 1. The number of nitrogens with zero attached hydrogens (tertiary/aromatic N) is 2. The van der Waals surface area contributed by atoms with E-state index in [9.17, 15) is 8.42 Å². The van der Waals surface area contributed by atoms with Crippen LogP contribution in [0.4, 0.5) is 0 Å². The Morgan fingerprint density at radius 2 is 1.81 bits per heavy atom. The Morgan fingerprint density at radius 1 is 1.12 bits per heavy atom. The Labute approximate surface area is 156 Å². The normalized spacial score (nSPS) is 11.5. The van der Waals surface area contributed by atoms with Crippen molar-refractivity contribution in [1.82, 2.24) is 15.2 Å². The monoisotopic (exact) mass is 390 g/mol. The molecule has 0 atom stereocenters. The summed E-state index contributed by atoms with van der Waals surface area (Å²) in [4.78, 5) is 4.51. The Balaban J connectivity index is 1.49. The molecular weight excluding hydrogens is 372 g/mol. The first-order valence-corrected chi connectivity index (χ1v) is 10.3. The van der Waals surface area contributed by atoms with Gasteiger partial charge in [-0.25, -0.2) is 18.5 Å². The second kappa shape index (κ2) is 7.90. The van der Waals surface area contributed by atoms with E-state index in [0.29, 0.717) is 23.3 Å². The quantitative estimate of drug-likeness (QED) is 0.474. The van der Waals surface area contributed by atoms with Crippen LogP contribution in [0.3, 0.4) is 0 Å². The lowest BCUT2D eigenvalue weighted by atomic mass is 10.1. The zero-order valence-electron chi connectivity index (χ0n) is 14.0. The van der Waals surface area contributed by atoms with Crippen LogP contribution in [-0.4, -0.2) is 36.0 Å². The van der Waals surface area contributed by atoms with Gasteiger partial charge < -0.3 is 4.74 Å². The number of hydrogen-bond donors (Lipinski definition) is 2. The van der Waals surface area contributed by atoms with Crippen LogP contribution in [0.15, 0.2) is 58.6 Å². The van der Waals surface area contributed by atoms with Crippen molar-refractivity contribution in [3.63, 3.8) is 0 Å². The molecule has 0 aliphatic rings. The number of ether oxygens (including phenoxy) is 1. The van der Waals surface area contributed by atoms with Crippen LogP contribution in [0.5, 0.6) is 5.75 Å². The highest BCUT2D eigenvalue weighted by Gasteiger charge is 2.08. The van der Waals surface area contributed by atoms with Crippen molar-refractivity contribution in [2.45, 2.75) is 17.0 Å². The fourth-order valence-corrected chi connectivity index (χ4v) is 3.30. The number of primary sulfonamides is 1. The molecule has 0 aliphatic heterocycles. The van der Waals surface area contributed by atoms with Gasteiger partial charge in [-0.1, -0.05) is 41.6 Å². The van der Waals surface area contributed by atoms with Crippen LogP contribution < -0.4 is 9.88 Å². The molecule has 3 rings (SSSR count). The number of aromatic nitrogens is 3. The van der Waals surface area contributed by atoms with Gasteiger partial charge in [0, 0.05) is 11.3 Å². The average molecular weight is 390 g/mol. The summed E-state index contributed by atoms with van der Waals surface area (Å²) < 4.78 is 28.0. The molecule has 136 valence electrons. The summed E-state index contributed by atoms with van der Waals surface area (Å²) in [7, 11) is -3.68. The number of hydrogen-bond acceptors (Lipinski definition) is 6. The fraction of sp³-hybridized carbons (Fsp3) is 0.176. The summed E-state index contributed by atoms with van der Waals surface area (Å²) in [5, 5.41) is 12.8. The van der Waals surface area contributed by atoms with Gasteiger partial charge in [0.15, 0.2) is 5.82 Å². The topological polar surface area (TPSA) is 111 Å². The molecule has 0 bridgehead atoms. The molecule has 0 saturated carbocycles. The van der Waals surface area contributed by atoms with E-state index in [-0.39, 0.29) is 4.90 Å². The minimum Gasteiger partial charge on any atom is -0.493 e. The molecular formula is C17H18N4O3S2. The van der Waals surface area contributed by atoms with Crippen LogP contribution >= 0.6 is 11.8 Å². The van der Waals surface area contributed by atoms with Crippen LogP contribution in [-0.2, 0) is 10.0 Å². The SMILES string of the molecule is Cc1ccc(-c2nc(SCCOc3ccc(S(N)(=O)=O)cc3)n[nH]2)cc1. The largest absolute Gasteiger partial charge is 0.493 e. The molecule has 0 aliphatic carbocycles. The molecule has 2 aromatic carbocycles. The molecule has 1 aromatic heterocycles. The first-order chi connectivity index (χ1) is 12.4. The van der Waals surface area contributed by atoms with E-state index < -0.39 is 10.0 Å². The predicted octanol–water partition coefficient (Wildman–Crippen LogP) is 2.60. The molecule has 7 nitrogen and oxygen atoms in total. The first-order valence-electron chi connectivity index (χ1n) is 7.80. The van der Waals surface area contributed by atoms with E-state index in [2.05, 4.69) is 15.2 Å². The van der Waals surface area contributed by atoms with Gasteiger partial charge in [-0.05, 0) is 31.2 Å². The van der Waals surface area contributed by atoms with Crippen molar-refractivity contribution in [3.8, 4) is 17.1 Å². The molecule has 3 N–H and O–H groups in total. The van der Waals surface area contributed by atoms with E-state index in [4.69, 9.17) is 9.88 Å². The summed E-state index contributed by atoms with van der Waals surface area (Å²) in [5.41, 5.74) is 2.18. The van der Waals surface area contributed by atoms with E-state index in [0.717, 1.165) is 11.4 Å². The van der Waals surface area contributed by atoms with Crippen LogP contribution in [0, 0.1) is 6.92 Å². The molecule has 0 fully saturated rings. The third-order valence-electron chi connectivity index (χ3n) is 3.53. The van der Waals surface area contributed by atoms with Gasteiger partial charge in [-0.2, -0.15) is 0 Å². The minimum absolute atomic E-state index is 0.0589. The Bertz CT molecular complexity index is 968. The lowest BCUT2D eigenvalue weighted by molar-refractivity contribution is 0.343. The van der Waals surface area contributed by atoms with Crippen LogP contribution in [0.25, 0.3) is 11.4 Å². The highest BCUT2D eigenvalue weighted by molar-refractivity contribution is 7.99. The molecule has 0 spiro atoms. The maximum Gasteiger partial charge on any atom is 0.238 e. The number of thioether (sulfide) groups is 1. The standard InChI is InChI=1S/C17H18N4O3S2/c1-12-2-4-13(5-3-12)16-19-17(21-20-16)25-11-10-24-14-6-8-15(9-7-14)26(18,22)23/h2-9H,10-11H2,1H3,(H2,18,22,23)(H,19,20,21). The van der Waals surface area contributed by atoms with Crippen molar-refractivity contribution in [2.75, 3.05) is 12.4 Å². The first kappa shape index (κ1) is 18.4. The summed E-state index contributed by atoms with van der Waals surface area (Å²) in [6, 6.07) is 14.0. The molecule has 0 radical (unpaired) electrons. The van der Waals surface area contributed by atoms with Crippen molar-refractivity contribution in [3.05, 3.63) is 54.1 Å². The average Bonchev–Trinajstić information content (AvgIpc) is 3.08. The van der Waals surface area contributed by atoms with Gasteiger partial charge in [0.1, 0.15) is 5.75 Å². The maximum atomic E-state index is 11.2. The lowest BCUT2D eigenvalue weighted by Gasteiger charge is -2.05. The van der Waals surface area contributed by atoms with Gasteiger partial charge >= 0.3 is 0 Å². The van der Waals surface area contributed by atoms with Gasteiger partial charge in [-0.15, -0.1) is 5.10 Å². The van der Waals surface area contributed by atoms with E-state index in [1.165, 1.54) is 29.5 Å². The number of nitrogens with two attached hydrogens (primary N) is 1. The van der Waals surface area contributed by atoms with E-state index >= 15 is 0 Å². The lowest BCUT2D eigenvalue weighted by Crippen LogP contribution is -2.11.